The first-order valence-corrected chi connectivity index (χ1v) is 6.84. The van der Waals surface area contributed by atoms with Gasteiger partial charge in [-0.1, -0.05) is 17.4 Å². The second kappa shape index (κ2) is 4.90. The van der Waals surface area contributed by atoms with Crippen LogP contribution in [0.3, 0.4) is 0 Å². The molecule has 3 nitrogen and oxygen atoms in total. The molecule has 0 saturated carbocycles. The summed E-state index contributed by atoms with van der Waals surface area (Å²) >= 11 is 1.66. The Morgan fingerprint density at radius 3 is 2.63 bits per heavy atom. The van der Waals surface area contributed by atoms with Crippen molar-refractivity contribution in [1.29, 1.82) is 0 Å². The topological polar surface area (TPSA) is 34.1 Å². The van der Waals surface area contributed by atoms with Gasteiger partial charge in [-0.2, -0.15) is 0 Å². The van der Waals surface area contributed by atoms with Crippen LogP contribution < -0.4 is 10.1 Å². The summed E-state index contributed by atoms with van der Waals surface area (Å²) in [6, 6.07) is 14.1. The number of ether oxygens (including phenoxy) is 1. The van der Waals surface area contributed by atoms with E-state index in [2.05, 4.69) is 35.4 Å². The first-order chi connectivity index (χ1) is 9.24. The van der Waals surface area contributed by atoms with Gasteiger partial charge in [0.05, 0.1) is 17.3 Å². The number of aromatic nitrogens is 1. The van der Waals surface area contributed by atoms with Crippen molar-refractivity contribution in [2.24, 2.45) is 0 Å². The van der Waals surface area contributed by atoms with Crippen molar-refractivity contribution in [2.75, 3.05) is 12.4 Å². The molecule has 19 heavy (non-hydrogen) atoms. The van der Waals surface area contributed by atoms with Crippen LogP contribution in [0.25, 0.3) is 10.2 Å². The molecule has 0 aliphatic rings. The number of aryl methyl sites for hydroxylation is 1. The first-order valence-electron chi connectivity index (χ1n) is 6.03. The molecule has 0 fully saturated rings. The van der Waals surface area contributed by atoms with Crippen molar-refractivity contribution in [3.05, 3.63) is 48.0 Å². The second-order valence-electron chi connectivity index (χ2n) is 4.34. The minimum absolute atomic E-state index is 0.852. The van der Waals surface area contributed by atoms with Crippen LogP contribution in [0.1, 0.15) is 5.56 Å². The molecule has 0 aliphatic carbocycles. The smallest absolute Gasteiger partial charge is 0.188 e. The van der Waals surface area contributed by atoms with Gasteiger partial charge in [-0.25, -0.2) is 4.98 Å². The van der Waals surface area contributed by atoms with Crippen LogP contribution in [0.15, 0.2) is 42.5 Å². The van der Waals surface area contributed by atoms with Crippen molar-refractivity contribution >= 4 is 32.4 Å². The van der Waals surface area contributed by atoms with Crippen molar-refractivity contribution < 1.29 is 4.74 Å². The molecule has 3 rings (SSSR count). The predicted molar refractivity (Wildman–Crippen MR) is 80.6 cm³/mol. The summed E-state index contributed by atoms with van der Waals surface area (Å²) < 4.78 is 6.34. The molecular formula is C15H14N2OS. The fourth-order valence-corrected chi connectivity index (χ4v) is 2.76. The number of thiazole rings is 1. The molecule has 0 radical (unpaired) electrons. The first kappa shape index (κ1) is 12.0. The normalized spacial score (nSPS) is 10.6. The lowest BCUT2D eigenvalue weighted by Crippen LogP contribution is -1.89. The Morgan fingerprint density at radius 1 is 1.11 bits per heavy atom. The Kier molecular flexibility index (Phi) is 3.09. The number of benzene rings is 2. The summed E-state index contributed by atoms with van der Waals surface area (Å²) in [5, 5.41) is 4.22. The van der Waals surface area contributed by atoms with Crippen molar-refractivity contribution in [3.8, 4) is 5.75 Å². The van der Waals surface area contributed by atoms with Gasteiger partial charge >= 0.3 is 0 Å². The minimum atomic E-state index is 0.852. The van der Waals surface area contributed by atoms with Crippen LogP contribution in [0, 0.1) is 6.92 Å². The maximum absolute atomic E-state index is 5.14. The standard InChI is InChI=1S/C15H14N2OS/c1-10-3-8-14-13(9-10)17-15(19-14)16-11-4-6-12(18-2)7-5-11/h3-9H,1-2H3,(H,16,17). The van der Waals surface area contributed by atoms with E-state index in [1.54, 1.807) is 18.4 Å². The molecule has 96 valence electrons. The molecule has 3 aromatic rings. The molecule has 1 N–H and O–H groups in total. The SMILES string of the molecule is COc1ccc(Nc2nc3cc(C)ccc3s2)cc1. The number of methoxy groups -OCH3 is 1. The Morgan fingerprint density at radius 2 is 1.89 bits per heavy atom. The average molecular weight is 270 g/mol. The van der Waals surface area contributed by atoms with E-state index in [9.17, 15) is 0 Å². The molecule has 0 aliphatic heterocycles. The lowest BCUT2D eigenvalue weighted by molar-refractivity contribution is 0.415. The van der Waals surface area contributed by atoms with E-state index in [0.29, 0.717) is 0 Å². The predicted octanol–water partition coefficient (Wildman–Crippen LogP) is 4.36. The Balaban J connectivity index is 1.87. The quantitative estimate of drug-likeness (QED) is 0.768. The van der Waals surface area contributed by atoms with E-state index in [4.69, 9.17) is 4.74 Å². The molecule has 1 aromatic heterocycles. The Hall–Kier alpha value is -2.07. The van der Waals surface area contributed by atoms with Gasteiger partial charge < -0.3 is 10.1 Å². The van der Waals surface area contributed by atoms with Gasteiger partial charge in [0.2, 0.25) is 0 Å². The number of hydrogen-bond acceptors (Lipinski definition) is 4. The molecular weight excluding hydrogens is 256 g/mol. The van der Waals surface area contributed by atoms with Gasteiger partial charge in [0.1, 0.15) is 5.75 Å². The zero-order valence-electron chi connectivity index (χ0n) is 10.8. The van der Waals surface area contributed by atoms with E-state index in [1.807, 2.05) is 24.3 Å². The number of nitrogens with zero attached hydrogens (tertiary/aromatic N) is 1. The third-order valence-electron chi connectivity index (χ3n) is 2.88. The molecule has 0 atom stereocenters. The van der Waals surface area contributed by atoms with Gasteiger partial charge in [-0.15, -0.1) is 0 Å². The van der Waals surface area contributed by atoms with Gasteiger partial charge in [0.25, 0.3) is 0 Å². The second-order valence-corrected chi connectivity index (χ2v) is 5.37. The Bertz CT molecular complexity index is 704. The summed E-state index contributed by atoms with van der Waals surface area (Å²) in [5.41, 5.74) is 3.28. The van der Waals surface area contributed by atoms with E-state index in [0.717, 1.165) is 22.1 Å². The number of hydrogen-bond donors (Lipinski definition) is 1. The van der Waals surface area contributed by atoms with Crippen LogP contribution in [-0.2, 0) is 0 Å². The van der Waals surface area contributed by atoms with Gasteiger partial charge in [-0.05, 0) is 48.9 Å². The summed E-state index contributed by atoms with van der Waals surface area (Å²) in [4.78, 5) is 4.59. The van der Waals surface area contributed by atoms with Crippen molar-refractivity contribution in [3.63, 3.8) is 0 Å². The number of anilines is 2. The minimum Gasteiger partial charge on any atom is -0.497 e. The molecule has 0 bridgehead atoms. The lowest BCUT2D eigenvalue weighted by Gasteiger charge is -2.03. The highest BCUT2D eigenvalue weighted by Gasteiger charge is 2.04. The fourth-order valence-electron chi connectivity index (χ4n) is 1.89. The van der Waals surface area contributed by atoms with Gasteiger partial charge in [-0.3, -0.25) is 0 Å². The summed E-state index contributed by atoms with van der Waals surface area (Å²) in [6.45, 7) is 2.08. The third-order valence-corrected chi connectivity index (χ3v) is 3.84. The highest BCUT2D eigenvalue weighted by atomic mass is 32.1. The van der Waals surface area contributed by atoms with Crippen LogP contribution in [0.2, 0.25) is 0 Å². The molecule has 0 amide bonds. The lowest BCUT2D eigenvalue weighted by atomic mass is 10.2. The molecule has 1 heterocycles. The van der Waals surface area contributed by atoms with Crippen molar-refractivity contribution in [1.82, 2.24) is 4.98 Å². The summed E-state index contributed by atoms with van der Waals surface area (Å²) in [5.74, 6) is 0.852. The third kappa shape index (κ3) is 2.53. The zero-order valence-corrected chi connectivity index (χ0v) is 11.6. The highest BCUT2D eigenvalue weighted by Crippen LogP contribution is 2.29. The molecule has 0 saturated heterocycles. The summed E-state index contributed by atoms with van der Waals surface area (Å²) in [6.07, 6.45) is 0. The van der Waals surface area contributed by atoms with Crippen molar-refractivity contribution in [2.45, 2.75) is 6.92 Å². The summed E-state index contributed by atoms with van der Waals surface area (Å²) in [7, 11) is 1.66. The number of rotatable bonds is 3. The Labute approximate surface area is 115 Å². The maximum atomic E-state index is 5.14. The molecule has 0 unspecified atom stereocenters. The van der Waals surface area contributed by atoms with Crippen LogP contribution in [0.4, 0.5) is 10.8 Å². The van der Waals surface area contributed by atoms with Gasteiger partial charge in [0.15, 0.2) is 5.13 Å². The van der Waals surface area contributed by atoms with Crippen LogP contribution in [0.5, 0.6) is 5.75 Å². The van der Waals surface area contributed by atoms with E-state index in [1.165, 1.54) is 10.3 Å². The fraction of sp³-hybridized carbons (Fsp3) is 0.133. The molecule has 4 heteroatoms. The van der Waals surface area contributed by atoms with Gasteiger partial charge in [0, 0.05) is 5.69 Å². The average Bonchev–Trinajstić information content (AvgIpc) is 2.81. The van der Waals surface area contributed by atoms with Crippen LogP contribution in [-0.4, -0.2) is 12.1 Å². The van der Waals surface area contributed by atoms with E-state index in [-0.39, 0.29) is 0 Å². The maximum Gasteiger partial charge on any atom is 0.188 e. The monoisotopic (exact) mass is 270 g/mol. The van der Waals surface area contributed by atoms with E-state index >= 15 is 0 Å². The number of fused-ring (bicyclic) bond motifs is 1. The highest BCUT2D eigenvalue weighted by molar-refractivity contribution is 7.22. The molecule has 0 spiro atoms. The largest absolute Gasteiger partial charge is 0.497 e. The molecule has 2 aromatic carbocycles. The van der Waals surface area contributed by atoms with E-state index < -0.39 is 0 Å². The van der Waals surface area contributed by atoms with Crippen LogP contribution >= 0.6 is 11.3 Å². The zero-order chi connectivity index (χ0) is 13.2. The number of nitrogens with one attached hydrogen (secondary N) is 1.